The van der Waals surface area contributed by atoms with Gasteiger partial charge >= 0.3 is 0 Å². The lowest BCUT2D eigenvalue weighted by molar-refractivity contribution is 0.660. The molecule has 0 saturated carbocycles. The molecule has 0 atom stereocenters. The van der Waals surface area contributed by atoms with Crippen LogP contribution < -0.4 is 9.80 Å². The lowest BCUT2D eigenvalue weighted by atomic mass is 9.69. The van der Waals surface area contributed by atoms with Crippen molar-refractivity contribution in [3.63, 3.8) is 0 Å². The van der Waals surface area contributed by atoms with Crippen LogP contribution in [0.15, 0.2) is 279 Å². The fourth-order valence-corrected chi connectivity index (χ4v) is 15.1. The van der Waals surface area contributed by atoms with Gasteiger partial charge in [0.2, 0.25) is 0 Å². The first kappa shape index (κ1) is 47.3. The summed E-state index contributed by atoms with van der Waals surface area (Å²) in [5.41, 5.74) is 31.0. The molecule has 0 radical (unpaired) electrons. The maximum absolute atomic E-state index is 2.61. The molecule has 0 saturated heterocycles. The maximum Gasteiger partial charge on any atom is 0.0766 e. The highest BCUT2D eigenvalue weighted by molar-refractivity contribution is 6.05. The van der Waals surface area contributed by atoms with Crippen LogP contribution in [0, 0.1) is 0 Å². The molecule has 0 fully saturated rings. The fraction of sp³-hybridized carbons (Fsp3) is 0.0886. The van der Waals surface area contributed by atoms with Crippen LogP contribution >= 0.6 is 0 Å². The third-order valence-corrected chi connectivity index (χ3v) is 18.7. The summed E-state index contributed by atoms with van der Waals surface area (Å²) in [4.78, 5) is 5.22. The minimum atomic E-state index is -0.788. The second-order valence-corrected chi connectivity index (χ2v) is 23.5. The van der Waals surface area contributed by atoms with Crippen molar-refractivity contribution in [3.05, 3.63) is 324 Å². The van der Waals surface area contributed by atoms with Crippen molar-refractivity contribution >= 4 is 34.1 Å². The van der Waals surface area contributed by atoms with Crippen molar-refractivity contribution in [1.29, 1.82) is 0 Å². The molecule has 2 heteroatoms. The van der Waals surface area contributed by atoms with Crippen molar-refractivity contribution in [2.24, 2.45) is 0 Å². The summed E-state index contributed by atoms with van der Waals surface area (Å²) in [7, 11) is 0. The average molecular weight is 1040 g/mol. The van der Waals surface area contributed by atoms with Gasteiger partial charge in [0.1, 0.15) is 0 Å². The number of fused-ring (bicyclic) bond motifs is 16. The van der Waals surface area contributed by atoms with E-state index in [9.17, 15) is 0 Å². The average Bonchev–Trinajstić information content (AvgIpc) is 1.82. The van der Waals surface area contributed by atoms with E-state index in [0.717, 1.165) is 34.1 Å². The largest absolute Gasteiger partial charge is 0.310 e. The van der Waals surface area contributed by atoms with Gasteiger partial charge in [0.15, 0.2) is 0 Å². The lowest BCUT2D eigenvalue weighted by Gasteiger charge is -2.39. The normalized spacial score (nSPS) is 14.5. The van der Waals surface area contributed by atoms with Crippen LogP contribution in [0.3, 0.4) is 0 Å². The molecular formula is C79H58N2. The van der Waals surface area contributed by atoms with E-state index in [1.54, 1.807) is 0 Å². The molecule has 0 N–H and O–H groups in total. The molecule has 0 aliphatic heterocycles. The Morgan fingerprint density at radius 3 is 0.926 bits per heavy atom. The monoisotopic (exact) mass is 1030 g/mol. The van der Waals surface area contributed by atoms with Crippen LogP contribution in [0.25, 0.3) is 66.8 Å². The first-order chi connectivity index (χ1) is 39.7. The van der Waals surface area contributed by atoms with Gasteiger partial charge in [-0.3, -0.25) is 0 Å². The van der Waals surface area contributed by atoms with E-state index in [0.29, 0.717) is 0 Å². The van der Waals surface area contributed by atoms with Crippen LogP contribution in [-0.2, 0) is 16.2 Å². The smallest absolute Gasteiger partial charge is 0.0766 e. The van der Waals surface area contributed by atoms with Gasteiger partial charge in [-0.15, -0.1) is 0 Å². The number of hydrogen-bond donors (Lipinski definition) is 0. The van der Waals surface area contributed by atoms with E-state index in [1.807, 2.05) is 0 Å². The molecule has 12 aromatic carbocycles. The SMILES string of the molecule is CC1(C)c2ccccc2-c2ccc(N(c3ccccc3-c3ccccc3)c3cccc4c3C3(c5ccccc5-c5ccccc53)c3c-4cccc3N(c3ccc4c(c3)C(C)(C)c3ccccc3-4)c3ccccc3-c3ccccc3)cc21. The van der Waals surface area contributed by atoms with E-state index in [1.165, 1.54) is 111 Å². The summed E-state index contributed by atoms with van der Waals surface area (Å²) in [5.74, 6) is 0. The van der Waals surface area contributed by atoms with Gasteiger partial charge < -0.3 is 9.80 Å². The van der Waals surface area contributed by atoms with Gasteiger partial charge in [-0.1, -0.05) is 258 Å². The van der Waals surface area contributed by atoms with Crippen molar-refractivity contribution in [3.8, 4) is 66.8 Å². The molecule has 0 unspecified atom stereocenters. The van der Waals surface area contributed by atoms with Gasteiger partial charge in [0, 0.05) is 44.5 Å². The molecule has 16 rings (SSSR count). The predicted octanol–water partition coefficient (Wildman–Crippen LogP) is 20.9. The standard InChI is InChI=1S/C79H58N2/c1-77(2)65-37-17-11-31-57(65)61-47-45-53(49-69(61)77)80(71-41-21-15-29-55(71)51-25-7-5-8-26-51)73-43-23-35-63-64-36-24-44-74(76(64)79(75(63)73)67-39-19-13-33-59(67)60-34-14-20-40-68(60)79)81(72-42-22-16-30-56(72)52-27-9-6-10-28-52)54-46-48-62-58-32-12-18-38-66(58)78(3,4)70(62)50-54/h5-50H,1-4H3. The quantitative estimate of drug-likeness (QED) is 0.150. The highest BCUT2D eigenvalue weighted by Crippen LogP contribution is 2.68. The lowest BCUT2D eigenvalue weighted by Crippen LogP contribution is -2.30. The zero-order chi connectivity index (χ0) is 54.2. The van der Waals surface area contributed by atoms with Crippen LogP contribution in [0.2, 0.25) is 0 Å². The van der Waals surface area contributed by atoms with Crippen LogP contribution in [0.1, 0.15) is 72.2 Å². The molecule has 4 aliphatic rings. The Labute approximate surface area is 475 Å². The first-order valence-electron chi connectivity index (χ1n) is 28.6. The molecular weight excluding hydrogens is 977 g/mol. The Morgan fingerprint density at radius 1 is 0.222 bits per heavy atom. The summed E-state index contributed by atoms with van der Waals surface area (Å²) < 4.78 is 0. The van der Waals surface area contributed by atoms with E-state index in [2.05, 4.69) is 317 Å². The Morgan fingerprint density at radius 2 is 0.519 bits per heavy atom. The van der Waals surface area contributed by atoms with Crippen molar-refractivity contribution in [1.82, 2.24) is 0 Å². The van der Waals surface area contributed by atoms with Gasteiger partial charge in [-0.25, -0.2) is 0 Å². The number of para-hydroxylation sites is 2. The number of benzene rings is 12. The molecule has 384 valence electrons. The Bertz CT molecular complexity index is 4250. The third-order valence-electron chi connectivity index (χ3n) is 18.7. The van der Waals surface area contributed by atoms with Crippen LogP contribution in [-0.4, -0.2) is 0 Å². The van der Waals surface area contributed by atoms with Crippen LogP contribution in [0.4, 0.5) is 34.1 Å². The van der Waals surface area contributed by atoms with Crippen LogP contribution in [0.5, 0.6) is 0 Å². The molecule has 0 amide bonds. The molecule has 81 heavy (non-hydrogen) atoms. The number of nitrogens with zero attached hydrogens (tertiary/aromatic N) is 2. The van der Waals surface area contributed by atoms with Gasteiger partial charge in [-0.2, -0.15) is 0 Å². The molecule has 4 aliphatic carbocycles. The Balaban J connectivity index is 1.02. The molecule has 0 heterocycles. The van der Waals surface area contributed by atoms with Gasteiger partial charge in [-0.05, 0) is 138 Å². The van der Waals surface area contributed by atoms with E-state index < -0.39 is 5.41 Å². The third kappa shape index (κ3) is 6.62. The highest BCUT2D eigenvalue weighted by atomic mass is 15.2. The topological polar surface area (TPSA) is 6.48 Å². The van der Waals surface area contributed by atoms with Crippen molar-refractivity contribution in [2.75, 3.05) is 9.80 Å². The number of hydrogen-bond acceptors (Lipinski definition) is 2. The summed E-state index contributed by atoms with van der Waals surface area (Å²) in [5, 5.41) is 0. The molecule has 12 aromatic rings. The zero-order valence-corrected chi connectivity index (χ0v) is 46.0. The Hall–Kier alpha value is -9.76. The van der Waals surface area contributed by atoms with Gasteiger partial charge in [0.05, 0.1) is 28.2 Å². The van der Waals surface area contributed by atoms with Crippen molar-refractivity contribution in [2.45, 2.75) is 43.9 Å². The van der Waals surface area contributed by atoms with Gasteiger partial charge in [0.25, 0.3) is 0 Å². The van der Waals surface area contributed by atoms with E-state index >= 15 is 0 Å². The predicted molar refractivity (Wildman–Crippen MR) is 338 cm³/mol. The minimum absolute atomic E-state index is 0.212. The Kier molecular flexibility index (Phi) is 10.3. The molecule has 0 aromatic heterocycles. The fourth-order valence-electron chi connectivity index (χ4n) is 15.1. The molecule has 1 spiro atoms. The zero-order valence-electron chi connectivity index (χ0n) is 46.0. The first-order valence-corrected chi connectivity index (χ1v) is 28.6. The van der Waals surface area contributed by atoms with E-state index in [-0.39, 0.29) is 10.8 Å². The highest BCUT2D eigenvalue weighted by Gasteiger charge is 2.55. The summed E-state index contributed by atoms with van der Waals surface area (Å²) >= 11 is 0. The summed E-state index contributed by atoms with van der Waals surface area (Å²) in [6.07, 6.45) is 0. The maximum atomic E-state index is 2.61. The second-order valence-electron chi connectivity index (χ2n) is 23.5. The summed E-state index contributed by atoms with van der Waals surface area (Å²) in [6.45, 7) is 9.58. The van der Waals surface area contributed by atoms with E-state index in [4.69, 9.17) is 0 Å². The summed E-state index contributed by atoms with van der Waals surface area (Å²) in [6, 6.07) is 105. The second kappa shape index (κ2) is 17.6. The molecule has 0 bridgehead atoms. The number of rotatable bonds is 8. The number of anilines is 6. The molecule has 2 nitrogen and oxygen atoms in total. The minimum Gasteiger partial charge on any atom is -0.310 e. The van der Waals surface area contributed by atoms with Crippen molar-refractivity contribution < 1.29 is 0 Å².